The first-order valence-electron chi connectivity index (χ1n) is 5.86. The van der Waals surface area contributed by atoms with Crippen molar-refractivity contribution in [3.8, 4) is 0 Å². The molecule has 1 heterocycles. The molecule has 0 saturated heterocycles. The second kappa shape index (κ2) is 3.87. The molecule has 0 radical (unpaired) electrons. The third-order valence-electron chi connectivity index (χ3n) is 3.49. The Bertz CT molecular complexity index is 509. The third kappa shape index (κ3) is 1.69. The molecule has 2 atom stereocenters. The molecule has 2 nitrogen and oxygen atoms in total. The fraction of sp³-hybridized carbons (Fsp3) is 0.357. The van der Waals surface area contributed by atoms with Crippen LogP contribution in [0.3, 0.4) is 0 Å². The van der Waals surface area contributed by atoms with Crippen LogP contribution < -0.4 is 0 Å². The van der Waals surface area contributed by atoms with E-state index in [0.717, 1.165) is 24.8 Å². The number of nitrogens with zero attached hydrogens (tertiary/aromatic N) is 1. The summed E-state index contributed by atoms with van der Waals surface area (Å²) in [5.74, 6) is 0.493. The highest BCUT2D eigenvalue weighted by molar-refractivity contribution is 5.78. The van der Waals surface area contributed by atoms with E-state index in [2.05, 4.69) is 17.1 Å². The Labute approximate surface area is 94.9 Å². The molecular formula is C14H15NO. The number of hydrogen-bond donors (Lipinski definition) is 1. The summed E-state index contributed by atoms with van der Waals surface area (Å²) in [7, 11) is 0. The Morgan fingerprint density at radius 2 is 2.06 bits per heavy atom. The van der Waals surface area contributed by atoms with Crippen LogP contribution >= 0.6 is 0 Å². The molecule has 0 bridgehead atoms. The molecule has 1 saturated carbocycles. The van der Waals surface area contributed by atoms with Gasteiger partial charge in [-0.1, -0.05) is 18.2 Å². The molecule has 2 heteroatoms. The molecule has 0 amide bonds. The van der Waals surface area contributed by atoms with E-state index in [4.69, 9.17) is 0 Å². The highest BCUT2D eigenvalue weighted by Crippen LogP contribution is 2.34. The maximum atomic E-state index is 9.55. The zero-order chi connectivity index (χ0) is 11.0. The number of aliphatic hydroxyl groups excluding tert-OH is 1. The van der Waals surface area contributed by atoms with Gasteiger partial charge in [0.25, 0.3) is 0 Å². The van der Waals surface area contributed by atoms with Crippen molar-refractivity contribution in [3.63, 3.8) is 0 Å². The predicted octanol–water partition coefficient (Wildman–Crippen LogP) is 2.86. The van der Waals surface area contributed by atoms with Gasteiger partial charge in [-0.3, -0.25) is 4.98 Å². The fourth-order valence-corrected chi connectivity index (χ4v) is 2.57. The minimum absolute atomic E-state index is 0.114. The molecule has 82 valence electrons. The summed E-state index contributed by atoms with van der Waals surface area (Å²) < 4.78 is 0. The van der Waals surface area contributed by atoms with Crippen LogP contribution in [0.2, 0.25) is 0 Å². The van der Waals surface area contributed by atoms with Crippen molar-refractivity contribution in [2.24, 2.45) is 0 Å². The van der Waals surface area contributed by atoms with Gasteiger partial charge < -0.3 is 5.11 Å². The smallest absolute Gasteiger partial charge is 0.0702 e. The Kier molecular flexibility index (Phi) is 2.37. The maximum absolute atomic E-state index is 9.55. The van der Waals surface area contributed by atoms with Gasteiger partial charge in [-0.2, -0.15) is 0 Å². The molecule has 1 N–H and O–H groups in total. The molecule has 1 aromatic heterocycles. The number of rotatable bonds is 1. The molecule has 0 aliphatic heterocycles. The predicted molar refractivity (Wildman–Crippen MR) is 64.3 cm³/mol. The minimum atomic E-state index is -0.114. The summed E-state index contributed by atoms with van der Waals surface area (Å²) >= 11 is 0. The number of aliphatic hydroxyl groups is 1. The first-order chi connectivity index (χ1) is 7.83. The summed E-state index contributed by atoms with van der Waals surface area (Å²) in [5.41, 5.74) is 2.32. The lowest BCUT2D eigenvalue weighted by Crippen LogP contribution is -1.99. The average Bonchev–Trinajstić information content (AvgIpc) is 2.75. The van der Waals surface area contributed by atoms with E-state index < -0.39 is 0 Å². The van der Waals surface area contributed by atoms with Crippen molar-refractivity contribution in [1.82, 2.24) is 4.98 Å². The molecule has 2 aromatic rings. The summed E-state index contributed by atoms with van der Waals surface area (Å²) in [6, 6.07) is 10.4. The summed E-state index contributed by atoms with van der Waals surface area (Å²) in [6.45, 7) is 0. The molecule has 0 spiro atoms. The molecule has 1 aliphatic rings. The Morgan fingerprint density at radius 3 is 2.88 bits per heavy atom. The zero-order valence-electron chi connectivity index (χ0n) is 9.13. The van der Waals surface area contributed by atoms with E-state index in [0.29, 0.717) is 5.92 Å². The monoisotopic (exact) mass is 213 g/mol. The van der Waals surface area contributed by atoms with Crippen LogP contribution in [0.15, 0.2) is 36.5 Å². The van der Waals surface area contributed by atoms with E-state index in [1.54, 1.807) is 0 Å². The topological polar surface area (TPSA) is 33.1 Å². The van der Waals surface area contributed by atoms with Gasteiger partial charge in [0.1, 0.15) is 0 Å². The average molecular weight is 213 g/mol. The molecule has 3 rings (SSSR count). The lowest BCUT2D eigenvalue weighted by molar-refractivity contribution is 0.181. The van der Waals surface area contributed by atoms with Gasteiger partial charge in [0.2, 0.25) is 0 Å². The second-order valence-corrected chi connectivity index (χ2v) is 4.63. The van der Waals surface area contributed by atoms with Gasteiger partial charge in [0.15, 0.2) is 0 Å². The lowest BCUT2D eigenvalue weighted by Gasteiger charge is -2.09. The van der Waals surface area contributed by atoms with E-state index in [1.807, 2.05) is 24.4 Å². The number of para-hydroxylation sites is 1. The highest BCUT2D eigenvalue weighted by atomic mass is 16.3. The number of hydrogen-bond acceptors (Lipinski definition) is 2. The van der Waals surface area contributed by atoms with E-state index >= 15 is 0 Å². The van der Waals surface area contributed by atoms with Gasteiger partial charge in [0.05, 0.1) is 11.6 Å². The molecule has 16 heavy (non-hydrogen) atoms. The Balaban J connectivity index is 1.99. The van der Waals surface area contributed by atoms with Gasteiger partial charge in [-0.15, -0.1) is 0 Å². The minimum Gasteiger partial charge on any atom is -0.393 e. The van der Waals surface area contributed by atoms with E-state index in [-0.39, 0.29) is 6.10 Å². The van der Waals surface area contributed by atoms with Gasteiger partial charge in [0, 0.05) is 11.6 Å². The van der Waals surface area contributed by atoms with E-state index in [9.17, 15) is 5.11 Å². The highest BCUT2D eigenvalue weighted by Gasteiger charge is 2.24. The lowest BCUT2D eigenvalue weighted by atomic mass is 9.98. The van der Waals surface area contributed by atoms with Crippen LogP contribution in [0.5, 0.6) is 0 Å². The SMILES string of the molecule is OC1CCC(c2cnc3ccccc3c2)C1. The van der Waals surface area contributed by atoms with Crippen molar-refractivity contribution in [3.05, 3.63) is 42.1 Å². The summed E-state index contributed by atoms with van der Waals surface area (Å²) in [4.78, 5) is 4.47. The molecule has 2 unspecified atom stereocenters. The van der Waals surface area contributed by atoms with Crippen molar-refractivity contribution in [2.45, 2.75) is 31.3 Å². The van der Waals surface area contributed by atoms with Gasteiger partial charge in [-0.25, -0.2) is 0 Å². The third-order valence-corrected chi connectivity index (χ3v) is 3.49. The van der Waals surface area contributed by atoms with Crippen LogP contribution in [0, 0.1) is 0 Å². The van der Waals surface area contributed by atoms with Crippen LogP contribution in [-0.4, -0.2) is 16.2 Å². The zero-order valence-corrected chi connectivity index (χ0v) is 9.13. The Morgan fingerprint density at radius 1 is 1.19 bits per heavy atom. The van der Waals surface area contributed by atoms with Crippen LogP contribution in [-0.2, 0) is 0 Å². The number of fused-ring (bicyclic) bond motifs is 1. The van der Waals surface area contributed by atoms with Gasteiger partial charge in [-0.05, 0) is 42.9 Å². The van der Waals surface area contributed by atoms with Crippen LogP contribution in [0.1, 0.15) is 30.7 Å². The van der Waals surface area contributed by atoms with Crippen LogP contribution in [0.4, 0.5) is 0 Å². The largest absolute Gasteiger partial charge is 0.393 e. The first kappa shape index (κ1) is 9.79. The van der Waals surface area contributed by atoms with Crippen molar-refractivity contribution < 1.29 is 5.11 Å². The number of aromatic nitrogens is 1. The van der Waals surface area contributed by atoms with Crippen molar-refractivity contribution in [1.29, 1.82) is 0 Å². The number of pyridine rings is 1. The standard InChI is InChI=1S/C14H15NO/c16-13-6-5-10(8-13)12-7-11-3-1-2-4-14(11)15-9-12/h1-4,7,9-10,13,16H,5-6,8H2. The maximum Gasteiger partial charge on any atom is 0.0702 e. The normalized spacial score (nSPS) is 25.1. The second-order valence-electron chi connectivity index (χ2n) is 4.63. The summed E-state index contributed by atoms with van der Waals surface area (Å²) in [5, 5.41) is 10.7. The van der Waals surface area contributed by atoms with Crippen molar-refractivity contribution >= 4 is 10.9 Å². The first-order valence-corrected chi connectivity index (χ1v) is 5.86. The molecule has 1 fully saturated rings. The fourth-order valence-electron chi connectivity index (χ4n) is 2.57. The van der Waals surface area contributed by atoms with E-state index in [1.165, 1.54) is 10.9 Å². The summed E-state index contributed by atoms with van der Waals surface area (Å²) in [6.07, 6.45) is 4.75. The molecular weight excluding hydrogens is 198 g/mol. The quantitative estimate of drug-likeness (QED) is 0.790. The van der Waals surface area contributed by atoms with Crippen LogP contribution in [0.25, 0.3) is 10.9 Å². The van der Waals surface area contributed by atoms with Gasteiger partial charge >= 0.3 is 0 Å². The Hall–Kier alpha value is -1.41. The molecule has 1 aromatic carbocycles. The number of benzene rings is 1. The van der Waals surface area contributed by atoms with Crippen molar-refractivity contribution in [2.75, 3.05) is 0 Å². The molecule has 1 aliphatic carbocycles.